The molecule has 0 spiro atoms. The van der Waals surface area contributed by atoms with Gasteiger partial charge in [0.05, 0.1) is 10.9 Å². The van der Waals surface area contributed by atoms with Crippen LogP contribution in [0.4, 0.5) is 10.5 Å². The number of non-ortho nitro benzene ring substituents is 1. The Bertz CT molecular complexity index is 506. The monoisotopic (exact) mass is 306 g/mol. The number of nitrogens with one attached hydrogen (secondary N) is 1. The molecule has 1 atom stereocenters. The second-order valence-corrected chi connectivity index (χ2v) is 3.58. The summed E-state index contributed by atoms with van der Waals surface area (Å²) in [5, 5.41) is 22.8. The number of hydrogen-bond donors (Lipinski definition) is 1. The van der Waals surface area contributed by atoms with Gasteiger partial charge in [0, 0.05) is 19.2 Å². The number of alkyl carbamates (subject to hydrolysis) is 1. The smallest absolute Gasteiger partial charge is 0.545 e. The van der Waals surface area contributed by atoms with Crippen molar-refractivity contribution < 1.29 is 58.6 Å². The maximum atomic E-state index is 11.3. The zero-order valence-corrected chi connectivity index (χ0v) is 13.4. The standard InChI is InChI=1S/C11H12N2O7.Na/c1-19-9(10(14)15)12-11(16)20-6-7-2-4-8(5-3-7)13(17)18;/h2-5,9H,6H2,1H3,(H,12,16)(H,14,15);/q;+1/p-1. The fourth-order valence-corrected chi connectivity index (χ4v) is 1.23. The molecule has 0 aliphatic heterocycles. The molecule has 0 heterocycles. The van der Waals surface area contributed by atoms with Crippen LogP contribution in [0.5, 0.6) is 0 Å². The summed E-state index contributed by atoms with van der Waals surface area (Å²) < 4.78 is 9.15. The van der Waals surface area contributed by atoms with Crippen LogP contribution in [0.3, 0.4) is 0 Å². The first kappa shape index (κ1) is 19.3. The van der Waals surface area contributed by atoms with Crippen LogP contribution in [0.25, 0.3) is 0 Å². The summed E-state index contributed by atoms with van der Waals surface area (Å²) in [5.74, 6) is -1.61. The number of carboxylic acids is 1. The van der Waals surface area contributed by atoms with Crippen LogP contribution in [0, 0.1) is 10.1 Å². The van der Waals surface area contributed by atoms with E-state index in [9.17, 15) is 24.8 Å². The quantitative estimate of drug-likeness (QED) is 0.250. The van der Waals surface area contributed by atoms with Gasteiger partial charge in [-0.3, -0.25) is 15.4 Å². The predicted octanol–water partition coefficient (Wildman–Crippen LogP) is -3.45. The zero-order chi connectivity index (χ0) is 15.1. The molecule has 0 aliphatic rings. The van der Waals surface area contributed by atoms with Crippen LogP contribution >= 0.6 is 0 Å². The Labute approximate surface area is 141 Å². The normalized spacial score (nSPS) is 10.9. The molecule has 10 heteroatoms. The number of aliphatic carboxylic acids is 1. The number of rotatable bonds is 6. The Kier molecular flexibility index (Phi) is 8.55. The molecule has 1 aromatic rings. The molecule has 0 saturated heterocycles. The van der Waals surface area contributed by atoms with E-state index in [0.717, 1.165) is 7.11 Å². The minimum atomic E-state index is -1.61. The number of nitro groups is 1. The van der Waals surface area contributed by atoms with E-state index in [1.54, 1.807) is 0 Å². The Morgan fingerprint density at radius 1 is 1.33 bits per heavy atom. The molecule has 1 rings (SSSR count). The van der Waals surface area contributed by atoms with Crippen LogP contribution in [-0.4, -0.2) is 30.3 Å². The maximum absolute atomic E-state index is 11.3. The summed E-state index contributed by atoms with van der Waals surface area (Å²) in [4.78, 5) is 31.6. The molecule has 1 amide bonds. The van der Waals surface area contributed by atoms with Gasteiger partial charge in [-0.25, -0.2) is 4.79 Å². The van der Waals surface area contributed by atoms with Crippen molar-refractivity contribution in [3.8, 4) is 0 Å². The number of methoxy groups -OCH3 is 1. The third kappa shape index (κ3) is 6.54. The van der Waals surface area contributed by atoms with E-state index in [4.69, 9.17) is 4.74 Å². The number of hydrogen-bond acceptors (Lipinski definition) is 7. The summed E-state index contributed by atoms with van der Waals surface area (Å²) in [5.41, 5.74) is 0.419. The van der Waals surface area contributed by atoms with Gasteiger partial charge in [0.25, 0.3) is 5.69 Å². The van der Waals surface area contributed by atoms with Crippen molar-refractivity contribution in [3.05, 3.63) is 39.9 Å². The second kappa shape index (κ2) is 9.29. The van der Waals surface area contributed by atoms with Crippen LogP contribution < -0.4 is 40.0 Å². The van der Waals surface area contributed by atoms with Crippen molar-refractivity contribution in [2.75, 3.05) is 7.11 Å². The fourth-order valence-electron chi connectivity index (χ4n) is 1.23. The SMILES string of the molecule is COC(NC(=O)OCc1ccc([N+](=O)[O-])cc1)C(=O)[O-].[Na+]. The second-order valence-electron chi connectivity index (χ2n) is 3.58. The molecule has 0 radical (unpaired) electrons. The first-order valence-electron chi connectivity index (χ1n) is 5.34. The molecule has 0 aromatic heterocycles. The summed E-state index contributed by atoms with van der Waals surface area (Å²) in [6.45, 7) is -0.173. The summed E-state index contributed by atoms with van der Waals surface area (Å²) in [7, 11) is 1.08. The van der Waals surface area contributed by atoms with Gasteiger partial charge in [-0.2, -0.15) is 0 Å². The van der Waals surface area contributed by atoms with Gasteiger partial charge in [-0.1, -0.05) is 0 Å². The van der Waals surface area contributed by atoms with Gasteiger partial charge in [0.15, 0.2) is 6.23 Å². The summed E-state index contributed by atoms with van der Waals surface area (Å²) >= 11 is 0. The first-order chi connectivity index (χ1) is 9.43. The number of nitrogens with zero attached hydrogens (tertiary/aromatic N) is 1. The maximum Gasteiger partial charge on any atom is 1.00 e. The minimum absolute atomic E-state index is 0. The van der Waals surface area contributed by atoms with E-state index in [1.807, 2.05) is 5.32 Å². The number of carbonyl (C=O) groups is 2. The van der Waals surface area contributed by atoms with Crippen molar-refractivity contribution in [3.63, 3.8) is 0 Å². The molecule has 108 valence electrons. The fraction of sp³-hybridized carbons (Fsp3) is 0.273. The number of carboxylic acid groups (broad SMARTS) is 1. The number of ether oxygens (including phenoxy) is 2. The van der Waals surface area contributed by atoms with E-state index >= 15 is 0 Å². The molecule has 0 bridgehead atoms. The molecule has 1 N–H and O–H groups in total. The summed E-state index contributed by atoms with van der Waals surface area (Å²) in [6, 6.07) is 5.35. The predicted molar refractivity (Wildman–Crippen MR) is 62.2 cm³/mol. The van der Waals surface area contributed by atoms with Crippen LogP contribution in [0.15, 0.2) is 24.3 Å². The Morgan fingerprint density at radius 2 is 1.90 bits per heavy atom. The largest absolute Gasteiger partial charge is 1.00 e. The van der Waals surface area contributed by atoms with Crippen molar-refractivity contribution in [2.45, 2.75) is 12.8 Å². The van der Waals surface area contributed by atoms with E-state index in [2.05, 4.69) is 4.74 Å². The Morgan fingerprint density at radius 3 is 2.33 bits per heavy atom. The molecule has 21 heavy (non-hydrogen) atoms. The first-order valence-corrected chi connectivity index (χ1v) is 5.34. The number of nitro benzene ring substituents is 1. The van der Waals surface area contributed by atoms with Gasteiger partial charge in [0.1, 0.15) is 6.61 Å². The van der Waals surface area contributed by atoms with Crippen LogP contribution in [0.1, 0.15) is 5.56 Å². The molecular weight excluding hydrogens is 295 g/mol. The van der Waals surface area contributed by atoms with E-state index in [1.165, 1.54) is 24.3 Å². The Balaban J connectivity index is 0.00000400. The molecule has 0 fully saturated rings. The topological polar surface area (TPSA) is 131 Å². The van der Waals surface area contributed by atoms with Crippen LogP contribution in [-0.2, 0) is 20.9 Å². The van der Waals surface area contributed by atoms with Crippen molar-refractivity contribution >= 4 is 17.7 Å². The number of amides is 1. The van der Waals surface area contributed by atoms with Gasteiger partial charge in [0.2, 0.25) is 0 Å². The van der Waals surface area contributed by atoms with Crippen molar-refractivity contribution in [1.29, 1.82) is 0 Å². The van der Waals surface area contributed by atoms with E-state index in [0.29, 0.717) is 5.56 Å². The Hall–Kier alpha value is -1.68. The summed E-state index contributed by atoms with van der Waals surface area (Å²) in [6.07, 6.45) is -2.63. The van der Waals surface area contributed by atoms with Crippen molar-refractivity contribution in [1.82, 2.24) is 5.32 Å². The molecule has 9 nitrogen and oxygen atoms in total. The van der Waals surface area contributed by atoms with Gasteiger partial charge in [-0.05, 0) is 17.7 Å². The van der Waals surface area contributed by atoms with Gasteiger partial charge >= 0.3 is 35.7 Å². The molecule has 1 aromatic carbocycles. The molecule has 0 saturated carbocycles. The van der Waals surface area contributed by atoms with Crippen LogP contribution in [0.2, 0.25) is 0 Å². The van der Waals surface area contributed by atoms with Crippen molar-refractivity contribution in [2.24, 2.45) is 0 Å². The molecular formula is C11H11N2NaO7. The minimum Gasteiger partial charge on any atom is -0.545 e. The molecule has 1 unspecified atom stereocenters. The number of benzene rings is 1. The molecule has 0 aliphatic carbocycles. The zero-order valence-electron chi connectivity index (χ0n) is 11.4. The van der Waals surface area contributed by atoms with E-state index < -0.39 is 23.2 Å². The average molecular weight is 306 g/mol. The average Bonchev–Trinajstić information content (AvgIpc) is 2.42. The third-order valence-electron chi connectivity index (χ3n) is 2.22. The van der Waals surface area contributed by atoms with Gasteiger partial charge in [-0.15, -0.1) is 0 Å². The van der Waals surface area contributed by atoms with E-state index in [-0.39, 0.29) is 41.9 Å². The third-order valence-corrected chi connectivity index (χ3v) is 2.22. The van der Waals surface area contributed by atoms with Gasteiger partial charge < -0.3 is 19.4 Å². The number of carbonyl (C=O) groups excluding carboxylic acids is 2.